The van der Waals surface area contributed by atoms with E-state index in [1.165, 1.54) is 16.7 Å². The first kappa shape index (κ1) is 16.0. The van der Waals surface area contributed by atoms with Crippen LogP contribution < -0.4 is 0 Å². The predicted octanol–water partition coefficient (Wildman–Crippen LogP) is 6.13. The van der Waals surface area contributed by atoms with Gasteiger partial charge in [0.25, 0.3) is 0 Å². The van der Waals surface area contributed by atoms with Gasteiger partial charge >= 0.3 is 0 Å². The molecule has 0 amide bonds. The maximum absolute atomic E-state index is 3.51. The molecule has 1 atom stereocenters. The number of rotatable bonds is 3. The molecule has 0 bridgehead atoms. The quantitative estimate of drug-likeness (QED) is 0.638. The molecular formula is C18H23Br. The van der Waals surface area contributed by atoms with Gasteiger partial charge in [-0.3, -0.25) is 0 Å². The molecule has 0 aromatic heterocycles. The minimum atomic E-state index is 0.566. The first-order valence-electron chi connectivity index (χ1n) is 6.97. The van der Waals surface area contributed by atoms with E-state index >= 15 is 0 Å². The molecule has 2 aromatic rings. The fourth-order valence-electron chi connectivity index (χ4n) is 2.12. The zero-order valence-corrected chi connectivity index (χ0v) is 13.9. The number of aryl methyl sites for hydroxylation is 1. The Morgan fingerprint density at radius 2 is 1.63 bits per heavy atom. The highest BCUT2D eigenvalue weighted by Gasteiger charge is 2.08. The van der Waals surface area contributed by atoms with Crippen molar-refractivity contribution in [2.24, 2.45) is 0 Å². The van der Waals surface area contributed by atoms with E-state index in [2.05, 4.69) is 78.3 Å². The number of benzene rings is 2. The average Bonchev–Trinajstić information content (AvgIpc) is 2.45. The third kappa shape index (κ3) is 4.83. The average molecular weight is 319 g/mol. The zero-order valence-electron chi connectivity index (χ0n) is 12.3. The van der Waals surface area contributed by atoms with Gasteiger partial charge < -0.3 is 0 Å². The van der Waals surface area contributed by atoms with Gasteiger partial charge in [0.15, 0.2) is 0 Å². The molecule has 0 aliphatic rings. The van der Waals surface area contributed by atoms with Gasteiger partial charge in [-0.15, -0.1) is 0 Å². The summed E-state index contributed by atoms with van der Waals surface area (Å²) in [5.41, 5.74) is 4.21. The predicted molar refractivity (Wildman–Crippen MR) is 88.8 cm³/mol. The molecule has 0 fully saturated rings. The molecule has 19 heavy (non-hydrogen) atoms. The van der Waals surface area contributed by atoms with E-state index in [4.69, 9.17) is 0 Å². The fourth-order valence-corrected chi connectivity index (χ4v) is 2.59. The molecule has 0 aliphatic carbocycles. The monoisotopic (exact) mass is 318 g/mol. The van der Waals surface area contributed by atoms with Crippen LogP contribution in [0.3, 0.4) is 0 Å². The van der Waals surface area contributed by atoms with Gasteiger partial charge in [-0.2, -0.15) is 0 Å². The van der Waals surface area contributed by atoms with Crippen LogP contribution in [-0.2, 0) is 6.42 Å². The Morgan fingerprint density at radius 3 is 2.21 bits per heavy atom. The van der Waals surface area contributed by atoms with Crippen LogP contribution in [0.15, 0.2) is 53.0 Å². The van der Waals surface area contributed by atoms with Crippen molar-refractivity contribution in [3.8, 4) is 0 Å². The Morgan fingerprint density at radius 1 is 1.00 bits per heavy atom. The summed E-state index contributed by atoms with van der Waals surface area (Å²) >= 11 is 3.51. The summed E-state index contributed by atoms with van der Waals surface area (Å²) in [4.78, 5) is 0. The number of hydrogen-bond acceptors (Lipinski definition) is 0. The van der Waals surface area contributed by atoms with E-state index in [0.717, 1.165) is 10.9 Å². The lowest BCUT2D eigenvalue weighted by atomic mass is 9.92. The van der Waals surface area contributed by atoms with Crippen molar-refractivity contribution in [3.63, 3.8) is 0 Å². The van der Waals surface area contributed by atoms with Crippen molar-refractivity contribution in [1.82, 2.24) is 0 Å². The van der Waals surface area contributed by atoms with Gasteiger partial charge in [0.1, 0.15) is 0 Å². The first-order chi connectivity index (χ1) is 9.16. The molecule has 2 aromatic carbocycles. The number of hydrogen-bond donors (Lipinski definition) is 0. The molecule has 0 aliphatic heterocycles. The topological polar surface area (TPSA) is 0 Å². The molecule has 0 heterocycles. The minimum absolute atomic E-state index is 0.566. The lowest BCUT2D eigenvalue weighted by molar-refractivity contribution is 0.755. The van der Waals surface area contributed by atoms with Crippen LogP contribution in [0.5, 0.6) is 0 Å². The highest BCUT2D eigenvalue weighted by atomic mass is 79.9. The lowest BCUT2D eigenvalue weighted by Crippen LogP contribution is -2.00. The minimum Gasteiger partial charge on any atom is -0.0683 e. The summed E-state index contributed by atoms with van der Waals surface area (Å²) in [6.45, 7) is 8.47. The maximum Gasteiger partial charge on any atom is 0.0178 e. The van der Waals surface area contributed by atoms with Crippen LogP contribution in [0, 0.1) is 6.92 Å². The molecule has 0 N–H and O–H groups in total. The van der Waals surface area contributed by atoms with Crippen LogP contribution in [-0.4, -0.2) is 0 Å². The highest BCUT2D eigenvalue weighted by molar-refractivity contribution is 9.10. The smallest absolute Gasteiger partial charge is 0.0178 e. The maximum atomic E-state index is 3.51. The van der Waals surface area contributed by atoms with E-state index < -0.39 is 0 Å². The van der Waals surface area contributed by atoms with Gasteiger partial charge in [-0.1, -0.05) is 73.1 Å². The standard InChI is InChI=1S/C16H17Br.C2H6/c1-12(14-6-4-3-5-7-14)10-15-8-9-16(17)11-13(15)2;1-2/h3-9,11-12H,10H2,1-2H3;1-2H3. The molecular weight excluding hydrogens is 296 g/mol. The van der Waals surface area contributed by atoms with Gasteiger partial charge in [0.2, 0.25) is 0 Å². The van der Waals surface area contributed by atoms with Crippen molar-refractivity contribution in [2.75, 3.05) is 0 Å². The lowest BCUT2D eigenvalue weighted by Gasteiger charge is -2.14. The Hall–Kier alpha value is -1.08. The largest absolute Gasteiger partial charge is 0.0683 e. The van der Waals surface area contributed by atoms with Crippen molar-refractivity contribution in [1.29, 1.82) is 0 Å². The van der Waals surface area contributed by atoms with Crippen LogP contribution in [0.25, 0.3) is 0 Å². The Labute approximate surface area is 126 Å². The molecule has 102 valence electrons. The molecule has 0 saturated heterocycles. The second-order valence-corrected chi connectivity index (χ2v) is 5.50. The molecule has 1 heteroatoms. The Bertz CT molecular complexity index is 488. The summed E-state index contributed by atoms with van der Waals surface area (Å²) < 4.78 is 1.16. The Balaban J connectivity index is 0.000000861. The van der Waals surface area contributed by atoms with E-state index in [0.29, 0.717) is 5.92 Å². The summed E-state index contributed by atoms with van der Waals surface area (Å²) in [7, 11) is 0. The van der Waals surface area contributed by atoms with Gasteiger partial charge in [0, 0.05) is 4.47 Å². The first-order valence-corrected chi connectivity index (χ1v) is 7.76. The summed E-state index contributed by atoms with van der Waals surface area (Å²) in [6.07, 6.45) is 1.10. The van der Waals surface area contributed by atoms with Crippen LogP contribution >= 0.6 is 15.9 Å². The molecule has 1 unspecified atom stereocenters. The number of halogens is 1. The third-order valence-electron chi connectivity index (χ3n) is 3.20. The summed E-state index contributed by atoms with van der Waals surface area (Å²) in [5.74, 6) is 0.566. The zero-order chi connectivity index (χ0) is 14.3. The van der Waals surface area contributed by atoms with Crippen molar-refractivity contribution in [2.45, 2.75) is 40.0 Å². The van der Waals surface area contributed by atoms with Crippen LogP contribution in [0.1, 0.15) is 43.4 Å². The summed E-state index contributed by atoms with van der Waals surface area (Å²) in [6, 6.07) is 17.2. The molecule has 0 spiro atoms. The molecule has 0 saturated carbocycles. The second-order valence-electron chi connectivity index (χ2n) is 4.59. The van der Waals surface area contributed by atoms with Gasteiger partial charge in [-0.05, 0) is 48.1 Å². The molecule has 0 nitrogen and oxygen atoms in total. The van der Waals surface area contributed by atoms with Crippen LogP contribution in [0.2, 0.25) is 0 Å². The van der Waals surface area contributed by atoms with E-state index in [1.54, 1.807) is 0 Å². The van der Waals surface area contributed by atoms with Gasteiger partial charge in [0.05, 0.1) is 0 Å². The van der Waals surface area contributed by atoms with Crippen molar-refractivity contribution < 1.29 is 0 Å². The van der Waals surface area contributed by atoms with Crippen LogP contribution in [0.4, 0.5) is 0 Å². The fraction of sp³-hybridized carbons (Fsp3) is 0.333. The Kier molecular flexibility index (Phi) is 6.86. The second kappa shape index (κ2) is 8.16. The van der Waals surface area contributed by atoms with E-state index in [-0.39, 0.29) is 0 Å². The SMILES string of the molecule is CC.Cc1cc(Br)ccc1CC(C)c1ccccc1. The highest BCUT2D eigenvalue weighted by Crippen LogP contribution is 2.23. The molecule has 2 rings (SSSR count). The summed E-state index contributed by atoms with van der Waals surface area (Å²) in [5, 5.41) is 0. The van der Waals surface area contributed by atoms with E-state index in [1.807, 2.05) is 13.8 Å². The van der Waals surface area contributed by atoms with Crippen molar-refractivity contribution in [3.05, 3.63) is 69.7 Å². The normalized spacial score (nSPS) is 11.4. The molecule has 0 radical (unpaired) electrons. The van der Waals surface area contributed by atoms with Gasteiger partial charge in [-0.25, -0.2) is 0 Å². The van der Waals surface area contributed by atoms with Crippen molar-refractivity contribution >= 4 is 15.9 Å². The third-order valence-corrected chi connectivity index (χ3v) is 3.69. The van der Waals surface area contributed by atoms with E-state index in [9.17, 15) is 0 Å².